The Morgan fingerprint density at radius 1 is 1.35 bits per heavy atom. The third kappa shape index (κ3) is 2.08. The summed E-state index contributed by atoms with van der Waals surface area (Å²) in [6.07, 6.45) is -0.922. The molecule has 0 aliphatic carbocycles. The Balaban J connectivity index is 2.36. The number of rotatable bonds is 1. The van der Waals surface area contributed by atoms with Gasteiger partial charge in [0.2, 0.25) is 0 Å². The van der Waals surface area contributed by atoms with Gasteiger partial charge >= 0.3 is 0 Å². The monoisotopic (exact) mass is 238 g/mol. The second-order valence-electron chi connectivity index (χ2n) is 4.79. The second kappa shape index (κ2) is 4.37. The highest BCUT2D eigenvalue weighted by atomic mass is 19.1. The van der Waals surface area contributed by atoms with Crippen molar-refractivity contribution in [1.82, 2.24) is 4.90 Å². The van der Waals surface area contributed by atoms with Crippen LogP contribution < -0.4 is 0 Å². The molecule has 1 fully saturated rings. The zero-order valence-electron chi connectivity index (χ0n) is 9.81. The molecule has 1 saturated heterocycles. The lowest BCUT2D eigenvalue weighted by Crippen LogP contribution is -2.57. The van der Waals surface area contributed by atoms with Crippen LogP contribution in [0.15, 0.2) is 24.3 Å². The number of aliphatic hydroxyl groups excluding tert-OH is 1. The van der Waals surface area contributed by atoms with Gasteiger partial charge in [-0.05, 0) is 30.8 Å². The SMILES string of the molecule is [CH2-]N1CC(C)C(O)(c2ccc(F)cc2)C(O)C1. The molecule has 0 aromatic heterocycles. The highest BCUT2D eigenvalue weighted by molar-refractivity contribution is 5.26. The summed E-state index contributed by atoms with van der Waals surface area (Å²) < 4.78 is 12.9. The van der Waals surface area contributed by atoms with Gasteiger partial charge < -0.3 is 15.1 Å². The standard InChI is InChI=1S/C13H17FNO2/c1-9-7-15(2)8-12(16)13(9,17)10-3-5-11(14)6-4-10/h3-6,9,12,16-17H,2,7-8H2,1H3/q-1. The van der Waals surface area contributed by atoms with E-state index in [1.165, 1.54) is 24.3 Å². The van der Waals surface area contributed by atoms with E-state index in [1.807, 2.05) is 6.92 Å². The number of hydrogen-bond acceptors (Lipinski definition) is 3. The van der Waals surface area contributed by atoms with Gasteiger partial charge in [-0.3, -0.25) is 7.05 Å². The summed E-state index contributed by atoms with van der Waals surface area (Å²) in [6, 6.07) is 5.63. The molecule has 1 aromatic carbocycles. The number of hydrogen-bond donors (Lipinski definition) is 2. The molecule has 0 spiro atoms. The van der Waals surface area contributed by atoms with E-state index in [2.05, 4.69) is 7.05 Å². The molecule has 1 aliphatic rings. The van der Waals surface area contributed by atoms with Crippen molar-refractivity contribution >= 4 is 0 Å². The number of benzene rings is 1. The van der Waals surface area contributed by atoms with Gasteiger partial charge in [0.05, 0.1) is 6.10 Å². The van der Waals surface area contributed by atoms with Gasteiger partial charge in [0, 0.05) is 5.92 Å². The van der Waals surface area contributed by atoms with E-state index < -0.39 is 11.7 Å². The van der Waals surface area contributed by atoms with Crippen LogP contribution in [0.25, 0.3) is 0 Å². The van der Waals surface area contributed by atoms with Crippen LogP contribution in [0.4, 0.5) is 4.39 Å². The number of β-amino-alcohol motifs (C(OH)–C–C–N with tert-alkyl or cyclic N) is 1. The molecular weight excluding hydrogens is 221 g/mol. The highest BCUT2D eigenvalue weighted by Gasteiger charge is 2.45. The first-order valence-corrected chi connectivity index (χ1v) is 5.66. The molecule has 1 aliphatic heterocycles. The van der Waals surface area contributed by atoms with Gasteiger partial charge in [0.25, 0.3) is 0 Å². The van der Waals surface area contributed by atoms with Crippen LogP contribution in [-0.4, -0.2) is 34.3 Å². The number of piperidine rings is 1. The summed E-state index contributed by atoms with van der Waals surface area (Å²) in [5.41, 5.74) is -0.783. The van der Waals surface area contributed by atoms with Crippen LogP contribution in [0, 0.1) is 18.8 Å². The molecule has 0 amide bonds. The number of likely N-dealkylation sites (tertiary alicyclic amines) is 1. The molecule has 3 nitrogen and oxygen atoms in total. The van der Waals surface area contributed by atoms with Crippen molar-refractivity contribution in [3.05, 3.63) is 42.7 Å². The summed E-state index contributed by atoms with van der Waals surface area (Å²) in [4.78, 5) is 1.73. The van der Waals surface area contributed by atoms with Crippen molar-refractivity contribution in [2.24, 2.45) is 5.92 Å². The van der Waals surface area contributed by atoms with Crippen molar-refractivity contribution in [3.8, 4) is 0 Å². The molecule has 2 N–H and O–H groups in total. The summed E-state index contributed by atoms with van der Waals surface area (Å²) >= 11 is 0. The Labute approximate surface area is 100 Å². The van der Waals surface area contributed by atoms with Crippen molar-refractivity contribution in [3.63, 3.8) is 0 Å². The fourth-order valence-electron chi connectivity index (χ4n) is 2.51. The van der Waals surface area contributed by atoms with Crippen molar-refractivity contribution < 1.29 is 14.6 Å². The first-order valence-electron chi connectivity index (χ1n) is 5.66. The molecule has 2 rings (SSSR count). The Morgan fingerprint density at radius 2 is 1.94 bits per heavy atom. The normalized spacial score (nSPS) is 34.9. The lowest BCUT2D eigenvalue weighted by molar-refractivity contribution is -0.150. The van der Waals surface area contributed by atoms with E-state index in [0.717, 1.165) is 0 Å². The molecule has 1 aromatic rings. The molecule has 0 bridgehead atoms. The van der Waals surface area contributed by atoms with Crippen LogP contribution in [0.2, 0.25) is 0 Å². The van der Waals surface area contributed by atoms with Crippen LogP contribution >= 0.6 is 0 Å². The predicted molar refractivity (Wildman–Crippen MR) is 62.4 cm³/mol. The van der Waals surface area contributed by atoms with Gasteiger partial charge in [0.1, 0.15) is 11.4 Å². The zero-order chi connectivity index (χ0) is 12.6. The van der Waals surface area contributed by atoms with E-state index in [0.29, 0.717) is 18.7 Å². The Hall–Kier alpha value is -0.970. The highest BCUT2D eigenvalue weighted by Crippen LogP contribution is 2.37. The van der Waals surface area contributed by atoms with Gasteiger partial charge in [0.15, 0.2) is 0 Å². The molecular formula is C13H17FNO2-. The van der Waals surface area contributed by atoms with E-state index >= 15 is 0 Å². The van der Waals surface area contributed by atoms with E-state index in [9.17, 15) is 14.6 Å². The molecule has 1 heterocycles. The smallest absolute Gasteiger partial charge is 0.123 e. The van der Waals surface area contributed by atoms with Crippen LogP contribution in [0.1, 0.15) is 12.5 Å². The summed E-state index contributed by atoms with van der Waals surface area (Å²) in [5, 5.41) is 20.7. The Kier molecular flexibility index (Phi) is 3.21. The van der Waals surface area contributed by atoms with Crippen LogP contribution in [-0.2, 0) is 5.60 Å². The maximum atomic E-state index is 12.9. The lowest BCUT2D eigenvalue weighted by Gasteiger charge is -2.48. The van der Waals surface area contributed by atoms with Gasteiger partial charge in [-0.2, -0.15) is 0 Å². The number of halogens is 1. The third-order valence-corrected chi connectivity index (χ3v) is 3.53. The lowest BCUT2D eigenvalue weighted by atomic mass is 9.75. The molecule has 3 unspecified atom stereocenters. The van der Waals surface area contributed by atoms with Crippen LogP contribution in [0.3, 0.4) is 0 Å². The molecule has 0 radical (unpaired) electrons. The number of nitrogens with zero attached hydrogens (tertiary/aromatic N) is 1. The quantitative estimate of drug-likeness (QED) is 0.720. The third-order valence-electron chi connectivity index (χ3n) is 3.53. The maximum absolute atomic E-state index is 12.9. The first kappa shape index (κ1) is 12.5. The van der Waals surface area contributed by atoms with Crippen LogP contribution in [0.5, 0.6) is 0 Å². The van der Waals surface area contributed by atoms with Gasteiger partial charge in [-0.25, -0.2) is 4.39 Å². The summed E-state index contributed by atoms with van der Waals surface area (Å²) in [5.74, 6) is -0.525. The topological polar surface area (TPSA) is 43.7 Å². The zero-order valence-corrected chi connectivity index (χ0v) is 9.81. The Bertz CT molecular complexity index is 381. The average Bonchev–Trinajstić information content (AvgIpc) is 2.26. The fraction of sp³-hybridized carbons (Fsp3) is 0.462. The molecule has 0 saturated carbocycles. The predicted octanol–water partition coefficient (Wildman–Crippen LogP) is 1.12. The van der Waals surface area contributed by atoms with Gasteiger partial charge in [-0.1, -0.05) is 19.1 Å². The van der Waals surface area contributed by atoms with Crippen molar-refractivity contribution in [2.45, 2.75) is 18.6 Å². The average molecular weight is 238 g/mol. The molecule has 17 heavy (non-hydrogen) atoms. The van der Waals surface area contributed by atoms with Crippen molar-refractivity contribution in [1.29, 1.82) is 0 Å². The summed E-state index contributed by atoms with van der Waals surface area (Å²) in [6.45, 7) is 2.74. The van der Waals surface area contributed by atoms with E-state index in [1.54, 1.807) is 4.90 Å². The second-order valence-corrected chi connectivity index (χ2v) is 4.79. The number of aliphatic hydroxyl groups is 2. The van der Waals surface area contributed by atoms with E-state index in [4.69, 9.17) is 0 Å². The minimum absolute atomic E-state index is 0.172. The summed E-state index contributed by atoms with van der Waals surface area (Å²) in [7, 11) is 3.77. The first-order chi connectivity index (χ1) is 7.94. The van der Waals surface area contributed by atoms with Crippen molar-refractivity contribution in [2.75, 3.05) is 13.1 Å². The largest absolute Gasteiger partial charge is 0.457 e. The minimum atomic E-state index is -1.33. The maximum Gasteiger partial charge on any atom is 0.123 e. The Morgan fingerprint density at radius 3 is 2.47 bits per heavy atom. The minimum Gasteiger partial charge on any atom is -0.457 e. The molecule has 3 atom stereocenters. The van der Waals surface area contributed by atoms with Gasteiger partial charge in [-0.15, -0.1) is 0 Å². The molecule has 94 valence electrons. The van der Waals surface area contributed by atoms with E-state index in [-0.39, 0.29) is 11.7 Å². The fourth-order valence-corrected chi connectivity index (χ4v) is 2.51. The molecule has 4 heteroatoms.